The van der Waals surface area contributed by atoms with Gasteiger partial charge in [-0.15, -0.1) is 10.2 Å². The number of aryl methyl sites for hydroxylation is 1. The van der Waals surface area contributed by atoms with Crippen LogP contribution in [-0.2, 0) is 33.0 Å². The molecule has 1 amide bonds. The molecule has 2 saturated carbocycles. The van der Waals surface area contributed by atoms with E-state index in [-0.39, 0.29) is 30.5 Å². The largest absolute Gasteiger partial charge is 0.357 e. The smallest absolute Gasteiger partial charge is 0.253 e. The summed E-state index contributed by atoms with van der Waals surface area (Å²) in [6.07, 6.45) is 0.907. The van der Waals surface area contributed by atoms with Crippen LogP contribution < -0.4 is 4.31 Å². The van der Waals surface area contributed by atoms with Crippen molar-refractivity contribution >= 4 is 44.8 Å². The first-order valence-electron chi connectivity index (χ1n) is 15.6. The van der Waals surface area contributed by atoms with Gasteiger partial charge in [0.05, 0.1) is 36.6 Å². The molecule has 246 valence electrons. The molecular formula is C33H33Cl2FN6O4S. The number of halogens is 3. The monoisotopic (exact) mass is 698 g/mol. The Balaban J connectivity index is 1.37. The number of anilines is 1. The molecule has 1 aliphatic heterocycles. The summed E-state index contributed by atoms with van der Waals surface area (Å²) < 4.78 is 51.2. The Labute approximate surface area is 282 Å². The molecule has 2 aliphatic carbocycles. The van der Waals surface area contributed by atoms with Gasteiger partial charge in [-0.25, -0.2) is 12.8 Å². The van der Waals surface area contributed by atoms with E-state index in [2.05, 4.69) is 15.4 Å². The van der Waals surface area contributed by atoms with Crippen LogP contribution in [0.3, 0.4) is 0 Å². The summed E-state index contributed by atoms with van der Waals surface area (Å²) in [6, 6.07) is 19.0. The van der Waals surface area contributed by atoms with Crippen LogP contribution >= 0.6 is 23.2 Å². The predicted octanol–water partition coefficient (Wildman–Crippen LogP) is 5.69. The number of morpholine rings is 1. The molecule has 47 heavy (non-hydrogen) atoms. The maximum Gasteiger partial charge on any atom is 0.253 e. The number of ether oxygens (including phenoxy) is 1. The van der Waals surface area contributed by atoms with Crippen LogP contribution in [0.5, 0.6) is 0 Å². The summed E-state index contributed by atoms with van der Waals surface area (Å²) in [5, 5.41) is 12.7. The lowest BCUT2D eigenvalue weighted by molar-refractivity contribution is -0.179. The summed E-state index contributed by atoms with van der Waals surface area (Å²) in [6.45, 7) is -0.112. The zero-order chi connectivity index (χ0) is 32.9. The normalized spacial score (nSPS) is 22.3. The average molecular weight is 700 g/mol. The van der Waals surface area contributed by atoms with Gasteiger partial charge < -0.3 is 9.64 Å². The van der Waals surface area contributed by atoms with Crippen molar-refractivity contribution in [2.75, 3.05) is 10.8 Å². The molecule has 2 heterocycles. The third-order valence-corrected chi connectivity index (χ3v) is 11.7. The minimum absolute atomic E-state index is 0.0224. The molecule has 0 N–H and O–H groups in total. The minimum Gasteiger partial charge on any atom is -0.357 e. The molecule has 10 nitrogen and oxygen atoms in total. The maximum atomic E-state index is 15.4. The Kier molecular flexibility index (Phi) is 8.71. The minimum atomic E-state index is -3.92. The van der Waals surface area contributed by atoms with Gasteiger partial charge in [-0.05, 0) is 84.3 Å². The molecular weight excluding hydrogens is 666 g/mol. The summed E-state index contributed by atoms with van der Waals surface area (Å²) in [5.74, 6) is -0.680. The van der Waals surface area contributed by atoms with Crippen LogP contribution in [0.25, 0.3) is 0 Å². The van der Waals surface area contributed by atoms with E-state index in [9.17, 15) is 13.2 Å². The first kappa shape index (κ1) is 32.0. The van der Waals surface area contributed by atoms with Crippen molar-refractivity contribution in [1.29, 1.82) is 0 Å². The summed E-state index contributed by atoms with van der Waals surface area (Å²) in [4.78, 5) is 17.9. The standard InChI is InChI=1S/C33H33Cl2FN6O4S/c1-40-38-30(37-39-40)18-29-33(43)42(31(21-11-13-23(34)14-12-21)32(46-29)22-5-4-6-24(35)17-22)28(20-9-10-20)19-41(47(44,45)25-15-16-25)27-8-3-2-7-26(27)36/h2-8,11-14,17,20,25,28-29,31-32H,9-10,15-16,18-19H2,1H3. The van der Waals surface area contributed by atoms with Gasteiger partial charge in [-0.2, -0.15) is 4.80 Å². The molecule has 1 saturated heterocycles. The lowest BCUT2D eigenvalue weighted by Gasteiger charge is -2.49. The summed E-state index contributed by atoms with van der Waals surface area (Å²) >= 11 is 12.8. The molecule has 0 spiro atoms. The fraction of sp³-hybridized carbons (Fsp3) is 0.394. The van der Waals surface area contributed by atoms with Gasteiger partial charge in [0.1, 0.15) is 18.0 Å². The quantitative estimate of drug-likeness (QED) is 0.198. The topological polar surface area (TPSA) is 111 Å². The number of tetrazole rings is 1. The second kappa shape index (κ2) is 12.8. The number of carbonyl (C=O) groups is 1. The number of benzene rings is 3. The van der Waals surface area contributed by atoms with Crippen molar-refractivity contribution in [2.24, 2.45) is 13.0 Å². The van der Waals surface area contributed by atoms with Crippen molar-refractivity contribution < 1.29 is 22.3 Å². The van der Waals surface area contributed by atoms with E-state index >= 15 is 4.39 Å². The average Bonchev–Trinajstić information content (AvgIpc) is 3.98. The molecule has 4 unspecified atom stereocenters. The van der Waals surface area contributed by atoms with E-state index < -0.39 is 45.4 Å². The van der Waals surface area contributed by atoms with E-state index in [4.69, 9.17) is 27.9 Å². The van der Waals surface area contributed by atoms with Crippen LogP contribution in [0.2, 0.25) is 10.0 Å². The molecule has 0 bridgehead atoms. The molecule has 3 aliphatic rings. The van der Waals surface area contributed by atoms with Crippen molar-refractivity contribution in [1.82, 2.24) is 25.1 Å². The Morgan fingerprint density at radius 3 is 2.36 bits per heavy atom. The number of carbonyl (C=O) groups excluding carboxylic acids is 1. The van der Waals surface area contributed by atoms with Gasteiger partial charge in [0, 0.05) is 16.5 Å². The molecule has 14 heteroatoms. The number of sulfonamides is 1. The van der Waals surface area contributed by atoms with Crippen LogP contribution in [0.15, 0.2) is 72.8 Å². The maximum absolute atomic E-state index is 15.4. The summed E-state index contributed by atoms with van der Waals surface area (Å²) in [5.41, 5.74) is 1.45. The third-order valence-electron chi connectivity index (χ3n) is 8.98. The van der Waals surface area contributed by atoms with E-state index in [0.29, 0.717) is 28.7 Å². The van der Waals surface area contributed by atoms with Crippen LogP contribution in [0.1, 0.15) is 54.8 Å². The van der Waals surface area contributed by atoms with Gasteiger partial charge in [-0.3, -0.25) is 9.10 Å². The second-order valence-electron chi connectivity index (χ2n) is 12.4. The molecule has 7 rings (SSSR count). The van der Waals surface area contributed by atoms with Crippen LogP contribution in [-0.4, -0.2) is 63.4 Å². The number of aromatic nitrogens is 4. The highest BCUT2D eigenvalue weighted by atomic mass is 35.5. The molecule has 0 radical (unpaired) electrons. The lowest BCUT2D eigenvalue weighted by Crippen LogP contribution is -2.59. The summed E-state index contributed by atoms with van der Waals surface area (Å²) in [7, 11) is -2.28. The molecule has 4 aromatic rings. The van der Waals surface area contributed by atoms with Gasteiger partial charge in [0.15, 0.2) is 5.82 Å². The first-order chi connectivity index (χ1) is 22.6. The van der Waals surface area contributed by atoms with E-state index in [1.54, 1.807) is 42.3 Å². The molecule has 1 aromatic heterocycles. The Hall–Kier alpha value is -3.58. The lowest BCUT2D eigenvalue weighted by atomic mass is 9.89. The number of rotatable bonds is 11. The Bertz CT molecular complexity index is 1890. The first-order valence-corrected chi connectivity index (χ1v) is 17.8. The van der Waals surface area contributed by atoms with E-state index in [1.165, 1.54) is 27.3 Å². The highest BCUT2D eigenvalue weighted by Crippen LogP contribution is 2.49. The number of hydrogen-bond acceptors (Lipinski definition) is 7. The fourth-order valence-corrected chi connectivity index (χ4v) is 8.63. The van der Waals surface area contributed by atoms with Gasteiger partial charge >= 0.3 is 0 Å². The van der Waals surface area contributed by atoms with Gasteiger partial charge in [-0.1, -0.05) is 59.6 Å². The van der Waals surface area contributed by atoms with Crippen LogP contribution in [0.4, 0.5) is 10.1 Å². The van der Waals surface area contributed by atoms with Crippen molar-refractivity contribution in [3.8, 4) is 0 Å². The number of hydrogen-bond donors (Lipinski definition) is 0. The van der Waals surface area contributed by atoms with E-state index in [0.717, 1.165) is 24.0 Å². The highest BCUT2D eigenvalue weighted by molar-refractivity contribution is 7.93. The zero-order valence-electron chi connectivity index (χ0n) is 25.5. The van der Waals surface area contributed by atoms with Crippen molar-refractivity contribution in [3.63, 3.8) is 0 Å². The van der Waals surface area contributed by atoms with Crippen molar-refractivity contribution in [2.45, 2.75) is 61.6 Å². The molecule has 4 atom stereocenters. The number of para-hydroxylation sites is 1. The van der Waals surface area contributed by atoms with Gasteiger partial charge in [0.2, 0.25) is 10.0 Å². The van der Waals surface area contributed by atoms with Gasteiger partial charge in [0.25, 0.3) is 5.91 Å². The second-order valence-corrected chi connectivity index (χ2v) is 15.4. The fourth-order valence-electron chi connectivity index (χ4n) is 6.43. The van der Waals surface area contributed by atoms with Crippen molar-refractivity contribution in [3.05, 3.63) is 106 Å². The number of amides is 1. The van der Waals surface area contributed by atoms with Crippen LogP contribution in [0, 0.1) is 11.7 Å². The Morgan fingerprint density at radius 1 is 0.979 bits per heavy atom. The third kappa shape index (κ3) is 6.61. The van der Waals surface area contributed by atoms with E-state index in [1.807, 2.05) is 24.3 Å². The zero-order valence-corrected chi connectivity index (χ0v) is 27.8. The SMILES string of the molecule is Cn1nnc(CC2OC(c3cccc(Cl)c3)C(c3ccc(Cl)cc3)N(C(CN(c3ccccc3F)S(=O)(=O)C3CC3)C3CC3)C2=O)n1. The molecule has 3 fully saturated rings. The number of nitrogens with zero attached hydrogens (tertiary/aromatic N) is 6. The Morgan fingerprint density at radius 2 is 1.72 bits per heavy atom. The predicted molar refractivity (Wildman–Crippen MR) is 175 cm³/mol. The highest BCUT2D eigenvalue weighted by Gasteiger charge is 2.52. The molecule has 3 aromatic carbocycles.